The smallest absolute Gasteiger partial charge is 0.348 e. The predicted molar refractivity (Wildman–Crippen MR) is 63.6 cm³/mol. The first-order valence-corrected chi connectivity index (χ1v) is 5.66. The number of nitrogens with zero attached hydrogens (tertiary/aromatic N) is 3. The van der Waals surface area contributed by atoms with Gasteiger partial charge in [0.2, 0.25) is 0 Å². The summed E-state index contributed by atoms with van der Waals surface area (Å²) in [5, 5.41) is 5.69. The number of pyridine rings is 1. The number of alkyl halides is 3. The van der Waals surface area contributed by atoms with Gasteiger partial charge in [0, 0.05) is 32.2 Å². The third kappa shape index (κ3) is 3.14. The Bertz CT molecular complexity index is 607. The first-order chi connectivity index (χ1) is 9.38. The molecule has 1 N–H and O–H groups in total. The maximum Gasteiger partial charge on any atom is 0.435 e. The number of nitrogens with one attached hydrogen (secondary N) is 1. The molecule has 0 atom stereocenters. The Labute approximate surface area is 112 Å². The van der Waals surface area contributed by atoms with Crippen molar-refractivity contribution in [2.45, 2.75) is 12.7 Å². The van der Waals surface area contributed by atoms with E-state index in [1.54, 1.807) is 18.3 Å². The molecule has 0 saturated carbocycles. The van der Waals surface area contributed by atoms with Crippen molar-refractivity contribution in [3.8, 4) is 0 Å². The first-order valence-electron chi connectivity index (χ1n) is 5.66. The van der Waals surface area contributed by atoms with Crippen LogP contribution < -0.4 is 5.32 Å². The molecule has 0 unspecified atom stereocenters. The van der Waals surface area contributed by atoms with Gasteiger partial charge in [-0.15, -0.1) is 0 Å². The van der Waals surface area contributed by atoms with Gasteiger partial charge in [-0.05, 0) is 11.6 Å². The Morgan fingerprint density at radius 3 is 2.80 bits per heavy atom. The van der Waals surface area contributed by atoms with E-state index in [0.29, 0.717) is 5.56 Å². The highest BCUT2D eigenvalue weighted by molar-refractivity contribution is 5.95. The third-order valence-electron chi connectivity index (χ3n) is 2.52. The molecule has 0 aliphatic rings. The molecule has 8 heteroatoms. The zero-order valence-electron chi connectivity index (χ0n) is 10.5. The van der Waals surface area contributed by atoms with E-state index in [2.05, 4.69) is 15.4 Å². The molecule has 0 aliphatic carbocycles. The largest absolute Gasteiger partial charge is 0.435 e. The normalized spacial score (nSPS) is 11.4. The molecule has 5 nitrogen and oxygen atoms in total. The standard InChI is InChI=1S/C12H11F3N4O/c1-19-7-9(10(18-19)12(13,14)15)11(20)17-6-8-3-2-4-16-5-8/h2-5,7H,6H2,1H3,(H,17,20). The van der Waals surface area contributed by atoms with E-state index in [9.17, 15) is 18.0 Å². The summed E-state index contributed by atoms with van der Waals surface area (Å²) in [6.45, 7) is 0.0961. The van der Waals surface area contributed by atoms with Crippen molar-refractivity contribution in [2.24, 2.45) is 7.05 Å². The van der Waals surface area contributed by atoms with Gasteiger partial charge in [0.1, 0.15) is 0 Å². The zero-order chi connectivity index (χ0) is 14.8. The molecule has 20 heavy (non-hydrogen) atoms. The number of carbonyl (C=O) groups is 1. The lowest BCUT2D eigenvalue weighted by Crippen LogP contribution is -2.25. The Morgan fingerprint density at radius 1 is 1.45 bits per heavy atom. The summed E-state index contributed by atoms with van der Waals surface area (Å²) in [5.41, 5.74) is -0.995. The molecular formula is C12H11F3N4O. The van der Waals surface area contributed by atoms with Gasteiger partial charge >= 0.3 is 6.18 Å². The average Bonchev–Trinajstić information content (AvgIpc) is 2.79. The lowest BCUT2D eigenvalue weighted by atomic mass is 10.2. The summed E-state index contributed by atoms with van der Waals surface area (Å²) in [6, 6.07) is 3.38. The van der Waals surface area contributed by atoms with Crippen molar-refractivity contribution in [3.63, 3.8) is 0 Å². The van der Waals surface area contributed by atoms with Crippen LogP contribution in [-0.2, 0) is 19.8 Å². The van der Waals surface area contributed by atoms with Crippen molar-refractivity contribution in [2.75, 3.05) is 0 Å². The van der Waals surface area contributed by atoms with Crippen LogP contribution in [0.5, 0.6) is 0 Å². The van der Waals surface area contributed by atoms with E-state index in [1.807, 2.05) is 0 Å². The molecule has 0 fully saturated rings. The number of aryl methyl sites for hydroxylation is 1. The summed E-state index contributed by atoms with van der Waals surface area (Å²) in [7, 11) is 1.33. The second-order valence-corrected chi connectivity index (χ2v) is 4.11. The van der Waals surface area contributed by atoms with Crippen LogP contribution in [-0.4, -0.2) is 20.7 Å². The second kappa shape index (κ2) is 5.32. The second-order valence-electron chi connectivity index (χ2n) is 4.11. The van der Waals surface area contributed by atoms with Crippen LogP contribution in [0.2, 0.25) is 0 Å². The van der Waals surface area contributed by atoms with Crippen molar-refractivity contribution in [1.29, 1.82) is 0 Å². The molecule has 0 spiro atoms. The topological polar surface area (TPSA) is 59.8 Å². The number of aromatic nitrogens is 3. The Hall–Kier alpha value is -2.38. The van der Waals surface area contributed by atoms with E-state index in [4.69, 9.17) is 0 Å². The number of halogens is 3. The highest BCUT2D eigenvalue weighted by atomic mass is 19.4. The van der Waals surface area contributed by atoms with Gasteiger partial charge < -0.3 is 5.32 Å². The van der Waals surface area contributed by atoms with Crippen molar-refractivity contribution in [1.82, 2.24) is 20.1 Å². The Balaban J connectivity index is 2.14. The lowest BCUT2D eigenvalue weighted by molar-refractivity contribution is -0.141. The fourth-order valence-electron chi connectivity index (χ4n) is 1.64. The molecule has 0 bridgehead atoms. The SMILES string of the molecule is Cn1cc(C(=O)NCc2cccnc2)c(C(F)(F)F)n1. The number of rotatable bonds is 3. The van der Waals surface area contributed by atoms with Gasteiger partial charge in [0.05, 0.1) is 5.56 Å². The minimum absolute atomic E-state index is 0.0961. The van der Waals surface area contributed by atoms with E-state index in [1.165, 1.54) is 13.2 Å². The van der Waals surface area contributed by atoms with Crippen LogP contribution >= 0.6 is 0 Å². The number of hydrogen-bond donors (Lipinski definition) is 1. The predicted octanol–water partition coefficient (Wildman–Crippen LogP) is 1.76. The van der Waals surface area contributed by atoms with Gasteiger partial charge in [-0.2, -0.15) is 18.3 Å². The minimum Gasteiger partial charge on any atom is -0.348 e. The molecule has 2 rings (SSSR count). The van der Waals surface area contributed by atoms with E-state index >= 15 is 0 Å². The molecule has 2 heterocycles. The van der Waals surface area contributed by atoms with Crippen LogP contribution in [0, 0.1) is 0 Å². The van der Waals surface area contributed by atoms with Crippen molar-refractivity contribution < 1.29 is 18.0 Å². The van der Waals surface area contributed by atoms with E-state index < -0.39 is 23.3 Å². The number of hydrogen-bond acceptors (Lipinski definition) is 3. The van der Waals surface area contributed by atoms with E-state index in [-0.39, 0.29) is 6.54 Å². The summed E-state index contributed by atoms with van der Waals surface area (Å²) in [4.78, 5) is 15.7. The summed E-state index contributed by atoms with van der Waals surface area (Å²) >= 11 is 0. The highest BCUT2D eigenvalue weighted by Crippen LogP contribution is 2.30. The fourth-order valence-corrected chi connectivity index (χ4v) is 1.64. The number of carbonyl (C=O) groups excluding carboxylic acids is 1. The summed E-state index contributed by atoms with van der Waals surface area (Å²) in [5.74, 6) is -0.825. The monoisotopic (exact) mass is 284 g/mol. The maximum atomic E-state index is 12.7. The number of amides is 1. The molecule has 2 aromatic rings. The van der Waals surface area contributed by atoms with Crippen molar-refractivity contribution in [3.05, 3.63) is 47.5 Å². The third-order valence-corrected chi connectivity index (χ3v) is 2.52. The first kappa shape index (κ1) is 14.0. The highest BCUT2D eigenvalue weighted by Gasteiger charge is 2.38. The maximum absolute atomic E-state index is 12.7. The van der Waals surface area contributed by atoms with Gasteiger partial charge in [-0.3, -0.25) is 14.5 Å². The van der Waals surface area contributed by atoms with Gasteiger partial charge in [0.15, 0.2) is 5.69 Å². The van der Waals surface area contributed by atoms with Gasteiger partial charge in [-0.25, -0.2) is 0 Å². The van der Waals surface area contributed by atoms with Gasteiger partial charge in [0.25, 0.3) is 5.91 Å². The van der Waals surface area contributed by atoms with Gasteiger partial charge in [-0.1, -0.05) is 6.07 Å². The molecule has 0 saturated heterocycles. The molecule has 0 aliphatic heterocycles. The summed E-state index contributed by atoms with van der Waals surface area (Å²) in [6.07, 6.45) is -0.536. The van der Waals surface area contributed by atoms with Crippen molar-refractivity contribution >= 4 is 5.91 Å². The lowest BCUT2D eigenvalue weighted by Gasteiger charge is -2.07. The summed E-state index contributed by atoms with van der Waals surface area (Å²) < 4.78 is 39.1. The molecule has 0 aromatic carbocycles. The molecule has 106 valence electrons. The van der Waals surface area contributed by atoms with E-state index in [0.717, 1.165) is 10.9 Å². The molecule has 1 amide bonds. The van der Waals surface area contributed by atoms with Crippen LogP contribution in [0.3, 0.4) is 0 Å². The van der Waals surface area contributed by atoms with Crippen LogP contribution in [0.1, 0.15) is 21.6 Å². The average molecular weight is 284 g/mol. The fraction of sp³-hybridized carbons (Fsp3) is 0.250. The Morgan fingerprint density at radius 2 is 2.20 bits per heavy atom. The molecule has 0 radical (unpaired) electrons. The molecule has 2 aromatic heterocycles. The zero-order valence-corrected chi connectivity index (χ0v) is 10.5. The minimum atomic E-state index is -4.66. The van der Waals surface area contributed by atoms with Crippen LogP contribution in [0.4, 0.5) is 13.2 Å². The molecular weight excluding hydrogens is 273 g/mol. The Kier molecular flexibility index (Phi) is 3.73. The van der Waals surface area contributed by atoms with Crippen LogP contribution in [0.25, 0.3) is 0 Å². The van der Waals surface area contributed by atoms with Crippen LogP contribution in [0.15, 0.2) is 30.7 Å². The quantitative estimate of drug-likeness (QED) is 0.934.